The van der Waals surface area contributed by atoms with Crippen molar-refractivity contribution in [3.63, 3.8) is 0 Å². The predicted molar refractivity (Wildman–Crippen MR) is 69.7 cm³/mol. The van der Waals surface area contributed by atoms with E-state index in [1.165, 1.54) is 0 Å². The number of nitrogens with two attached hydrogens (primary N) is 1. The first kappa shape index (κ1) is 11.5. The van der Waals surface area contributed by atoms with E-state index in [0.717, 1.165) is 0 Å². The molecule has 0 fully saturated rings. The van der Waals surface area contributed by atoms with E-state index < -0.39 is 0 Å². The molecule has 0 aliphatic heterocycles. The van der Waals surface area contributed by atoms with Crippen molar-refractivity contribution in [1.29, 1.82) is 0 Å². The number of para-hydroxylation sites is 1. The maximum Gasteiger partial charge on any atom is 0.295 e. The number of nitrogen functional groups attached to an aromatic ring is 1. The van der Waals surface area contributed by atoms with Crippen LogP contribution in [0.1, 0.15) is 11.7 Å². The van der Waals surface area contributed by atoms with Gasteiger partial charge in [0.05, 0.1) is 5.69 Å². The summed E-state index contributed by atoms with van der Waals surface area (Å²) in [7, 11) is 0. The van der Waals surface area contributed by atoms with Gasteiger partial charge < -0.3 is 20.0 Å². The van der Waals surface area contributed by atoms with Crippen LogP contribution >= 0.6 is 0 Å². The maximum atomic E-state index is 5.81. The van der Waals surface area contributed by atoms with Crippen LogP contribution in [-0.4, -0.2) is 21.7 Å². The van der Waals surface area contributed by atoms with Crippen molar-refractivity contribution < 1.29 is 8.94 Å². The van der Waals surface area contributed by atoms with Gasteiger partial charge in [-0.1, -0.05) is 11.2 Å². The van der Waals surface area contributed by atoms with Crippen LogP contribution in [0.2, 0.25) is 0 Å². The molecule has 98 valence electrons. The molecule has 2 heterocycles. The van der Waals surface area contributed by atoms with Gasteiger partial charge in [0.15, 0.2) is 11.4 Å². The monoisotopic (exact) mass is 259 g/mol. The minimum atomic E-state index is 0.438. The quantitative estimate of drug-likeness (QED) is 0.688. The van der Waals surface area contributed by atoms with Gasteiger partial charge >= 0.3 is 0 Å². The van der Waals surface area contributed by atoms with Crippen molar-refractivity contribution >= 4 is 22.8 Å². The number of aryl methyl sites for hydroxylation is 1. The third-order valence-electron chi connectivity index (χ3n) is 2.64. The summed E-state index contributed by atoms with van der Waals surface area (Å²) in [5.74, 6) is 1.21. The highest BCUT2D eigenvalue weighted by molar-refractivity contribution is 5.86. The van der Waals surface area contributed by atoms with Crippen LogP contribution in [-0.2, 0) is 6.42 Å². The van der Waals surface area contributed by atoms with Gasteiger partial charge in [-0.15, -0.1) is 0 Å². The Morgan fingerprint density at radius 3 is 2.95 bits per heavy atom. The van der Waals surface area contributed by atoms with E-state index in [2.05, 4.69) is 20.4 Å². The Kier molecular flexibility index (Phi) is 2.79. The van der Waals surface area contributed by atoms with Gasteiger partial charge in [0.1, 0.15) is 5.52 Å². The van der Waals surface area contributed by atoms with Crippen molar-refractivity contribution in [2.24, 2.45) is 0 Å². The lowest BCUT2D eigenvalue weighted by Crippen LogP contribution is -2.06. The van der Waals surface area contributed by atoms with Gasteiger partial charge in [0.25, 0.3) is 6.01 Å². The molecule has 0 aliphatic rings. The standard InChI is InChI=1S/C12H13N5O2/c1-7-15-10(17-19-7)5-6-14-12-16-11-8(13)3-2-4-9(11)18-12/h2-4H,5-6,13H2,1H3,(H,14,16). The van der Waals surface area contributed by atoms with Crippen LogP contribution < -0.4 is 11.1 Å². The lowest BCUT2D eigenvalue weighted by atomic mass is 10.3. The minimum absolute atomic E-state index is 0.438. The van der Waals surface area contributed by atoms with Gasteiger partial charge in [0, 0.05) is 19.9 Å². The van der Waals surface area contributed by atoms with Crippen LogP contribution in [0.3, 0.4) is 0 Å². The number of rotatable bonds is 4. The summed E-state index contributed by atoms with van der Waals surface area (Å²) in [6.07, 6.45) is 0.631. The minimum Gasteiger partial charge on any atom is -0.423 e. The smallest absolute Gasteiger partial charge is 0.295 e. The molecular weight excluding hydrogens is 246 g/mol. The lowest BCUT2D eigenvalue weighted by molar-refractivity contribution is 0.387. The Hall–Kier alpha value is -2.57. The van der Waals surface area contributed by atoms with E-state index >= 15 is 0 Å². The molecule has 0 spiro atoms. The highest BCUT2D eigenvalue weighted by atomic mass is 16.5. The highest BCUT2D eigenvalue weighted by Crippen LogP contribution is 2.23. The number of fused-ring (bicyclic) bond motifs is 1. The molecule has 0 radical (unpaired) electrons. The zero-order valence-corrected chi connectivity index (χ0v) is 10.4. The Labute approximate surface area is 108 Å². The van der Waals surface area contributed by atoms with E-state index in [0.29, 0.717) is 47.5 Å². The van der Waals surface area contributed by atoms with Crippen LogP contribution in [0.15, 0.2) is 27.1 Å². The second-order valence-electron chi connectivity index (χ2n) is 4.12. The topological polar surface area (TPSA) is 103 Å². The fraction of sp³-hybridized carbons (Fsp3) is 0.250. The van der Waals surface area contributed by atoms with Crippen molar-refractivity contribution in [3.05, 3.63) is 29.9 Å². The molecule has 7 heteroatoms. The number of nitrogens with zero attached hydrogens (tertiary/aromatic N) is 3. The zero-order valence-electron chi connectivity index (χ0n) is 10.4. The molecule has 3 rings (SSSR count). The first-order valence-corrected chi connectivity index (χ1v) is 5.90. The fourth-order valence-electron chi connectivity index (χ4n) is 1.77. The highest BCUT2D eigenvalue weighted by Gasteiger charge is 2.08. The first-order chi connectivity index (χ1) is 9.22. The average molecular weight is 259 g/mol. The van der Waals surface area contributed by atoms with Crippen LogP contribution in [0, 0.1) is 6.92 Å². The van der Waals surface area contributed by atoms with E-state index in [4.69, 9.17) is 14.7 Å². The largest absolute Gasteiger partial charge is 0.423 e. The summed E-state index contributed by atoms with van der Waals surface area (Å²) in [6, 6.07) is 5.88. The Morgan fingerprint density at radius 2 is 2.21 bits per heavy atom. The number of oxazole rings is 1. The molecule has 0 saturated heterocycles. The van der Waals surface area contributed by atoms with Gasteiger partial charge in [-0.2, -0.15) is 9.97 Å². The number of aromatic nitrogens is 3. The third kappa shape index (κ3) is 2.35. The average Bonchev–Trinajstić information content (AvgIpc) is 2.97. The Balaban J connectivity index is 1.67. The third-order valence-corrected chi connectivity index (χ3v) is 2.64. The second-order valence-corrected chi connectivity index (χ2v) is 4.12. The fourth-order valence-corrected chi connectivity index (χ4v) is 1.77. The molecule has 0 saturated carbocycles. The molecule has 0 atom stereocenters. The molecule has 0 unspecified atom stereocenters. The molecule has 0 amide bonds. The summed E-state index contributed by atoms with van der Waals surface area (Å²) >= 11 is 0. The molecule has 3 aromatic rings. The van der Waals surface area contributed by atoms with Crippen molar-refractivity contribution in [1.82, 2.24) is 15.1 Å². The van der Waals surface area contributed by atoms with Crippen molar-refractivity contribution in [2.45, 2.75) is 13.3 Å². The molecule has 0 aliphatic carbocycles. The maximum absolute atomic E-state index is 5.81. The molecular formula is C12H13N5O2. The first-order valence-electron chi connectivity index (χ1n) is 5.90. The lowest BCUT2D eigenvalue weighted by Gasteiger charge is -1.97. The van der Waals surface area contributed by atoms with E-state index in [1.54, 1.807) is 13.0 Å². The van der Waals surface area contributed by atoms with E-state index in [-0.39, 0.29) is 0 Å². The van der Waals surface area contributed by atoms with E-state index in [9.17, 15) is 0 Å². The van der Waals surface area contributed by atoms with Crippen LogP contribution in [0.5, 0.6) is 0 Å². The SMILES string of the molecule is Cc1nc(CCNc2nc3c(N)cccc3o2)no1. The number of anilines is 2. The van der Waals surface area contributed by atoms with Gasteiger partial charge in [-0.05, 0) is 12.1 Å². The molecule has 2 aromatic heterocycles. The zero-order chi connectivity index (χ0) is 13.2. The van der Waals surface area contributed by atoms with Crippen LogP contribution in [0.25, 0.3) is 11.1 Å². The number of nitrogens with one attached hydrogen (secondary N) is 1. The van der Waals surface area contributed by atoms with Crippen LogP contribution in [0.4, 0.5) is 11.7 Å². The molecule has 3 N–H and O–H groups in total. The van der Waals surface area contributed by atoms with Gasteiger partial charge in [-0.3, -0.25) is 0 Å². The predicted octanol–water partition coefficient (Wildman–Crippen LogP) is 1.76. The summed E-state index contributed by atoms with van der Waals surface area (Å²) in [4.78, 5) is 8.39. The van der Waals surface area contributed by atoms with Crippen molar-refractivity contribution in [2.75, 3.05) is 17.6 Å². The number of hydrogen-bond acceptors (Lipinski definition) is 7. The number of benzene rings is 1. The molecule has 7 nitrogen and oxygen atoms in total. The molecule has 1 aromatic carbocycles. The normalized spacial score (nSPS) is 11.0. The Morgan fingerprint density at radius 1 is 1.32 bits per heavy atom. The van der Waals surface area contributed by atoms with Crippen molar-refractivity contribution in [3.8, 4) is 0 Å². The summed E-state index contributed by atoms with van der Waals surface area (Å²) < 4.78 is 10.4. The molecule has 19 heavy (non-hydrogen) atoms. The summed E-state index contributed by atoms with van der Waals surface area (Å²) in [6.45, 7) is 2.36. The van der Waals surface area contributed by atoms with Gasteiger partial charge in [-0.25, -0.2) is 0 Å². The van der Waals surface area contributed by atoms with Gasteiger partial charge in [0.2, 0.25) is 5.89 Å². The number of hydrogen-bond donors (Lipinski definition) is 2. The Bertz CT molecular complexity index is 703. The summed E-state index contributed by atoms with van der Waals surface area (Å²) in [5.41, 5.74) is 7.74. The molecule has 0 bridgehead atoms. The summed E-state index contributed by atoms with van der Waals surface area (Å²) in [5, 5.41) is 6.87. The second kappa shape index (κ2) is 4.60. The van der Waals surface area contributed by atoms with E-state index in [1.807, 2.05) is 12.1 Å².